The molecule has 18 heavy (non-hydrogen) atoms. The van der Waals surface area contributed by atoms with Gasteiger partial charge in [-0.2, -0.15) is 0 Å². The predicted molar refractivity (Wildman–Crippen MR) is 74.9 cm³/mol. The molecule has 2 rings (SSSR count). The number of hydrogen-bond donors (Lipinski definition) is 2. The molecule has 1 saturated heterocycles. The Morgan fingerprint density at radius 2 is 2.33 bits per heavy atom. The van der Waals surface area contributed by atoms with Crippen LogP contribution < -0.4 is 11.1 Å². The van der Waals surface area contributed by atoms with Crippen LogP contribution in [0.5, 0.6) is 0 Å². The fraction of sp³-hybridized carbons (Fsp3) is 0.333. The van der Waals surface area contributed by atoms with Gasteiger partial charge in [0.25, 0.3) is 5.91 Å². The Kier molecular flexibility index (Phi) is 4.16. The van der Waals surface area contributed by atoms with Gasteiger partial charge < -0.3 is 15.8 Å². The zero-order valence-corrected chi connectivity index (χ0v) is 11.2. The van der Waals surface area contributed by atoms with Gasteiger partial charge in [0.2, 0.25) is 0 Å². The minimum atomic E-state index is -0.378. The van der Waals surface area contributed by atoms with Crippen molar-refractivity contribution in [2.24, 2.45) is 5.73 Å². The zero-order chi connectivity index (χ0) is 13.1. The van der Waals surface area contributed by atoms with E-state index >= 15 is 0 Å². The molecule has 0 radical (unpaired) electrons. The molecule has 1 aromatic rings. The van der Waals surface area contributed by atoms with Crippen molar-refractivity contribution in [2.75, 3.05) is 11.9 Å². The summed E-state index contributed by atoms with van der Waals surface area (Å²) in [6.07, 6.45) is 1.27. The molecule has 1 atom stereocenters. The van der Waals surface area contributed by atoms with Crippen LogP contribution in [0, 0.1) is 0 Å². The van der Waals surface area contributed by atoms with Crippen LogP contribution in [-0.2, 0) is 9.53 Å². The van der Waals surface area contributed by atoms with Gasteiger partial charge in [-0.05, 0) is 31.0 Å². The third kappa shape index (κ3) is 2.98. The summed E-state index contributed by atoms with van der Waals surface area (Å²) in [5.74, 6) is -0.169. The molecule has 1 unspecified atom stereocenters. The van der Waals surface area contributed by atoms with Gasteiger partial charge in [0.15, 0.2) is 0 Å². The number of anilines is 1. The van der Waals surface area contributed by atoms with Gasteiger partial charge in [0.05, 0.1) is 10.7 Å². The molecule has 1 amide bonds. The number of benzene rings is 1. The lowest BCUT2D eigenvalue weighted by molar-refractivity contribution is -0.124. The number of hydrogen-bond acceptors (Lipinski definition) is 3. The molecule has 1 aromatic carbocycles. The van der Waals surface area contributed by atoms with Crippen LogP contribution in [0.4, 0.5) is 5.69 Å². The van der Waals surface area contributed by atoms with E-state index in [9.17, 15) is 4.79 Å². The van der Waals surface area contributed by atoms with E-state index < -0.39 is 0 Å². The molecule has 0 spiro atoms. The van der Waals surface area contributed by atoms with Crippen LogP contribution in [0.1, 0.15) is 18.4 Å². The molecular formula is C12H13ClN2O2S. The molecule has 4 nitrogen and oxygen atoms in total. The first-order chi connectivity index (χ1) is 8.58. The molecule has 6 heteroatoms. The standard InChI is InChI=1S/C12H13ClN2O2S/c13-8-6-7(11(14)18)3-4-9(8)15-12(16)10-2-1-5-17-10/h3-4,6,10H,1-2,5H2,(H2,14,18)(H,15,16). The molecule has 0 aliphatic carbocycles. The van der Waals surface area contributed by atoms with Gasteiger partial charge in [-0.25, -0.2) is 0 Å². The summed E-state index contributed by atoms with van der Waals surface area (Å²) in [4.78, 5) is 12.1. The number of rotatable bonds is 3. The topological polar surface area (TPSA) is 64.3 Å². The van der Waals surface area contributed by atoms with Gasteiger partial charge in [0.1, 0.15) is 11.1 Å². The summed E-state index contributed by atoms with van der Waals surface area (Å²) < 4.78 is 5.29. The summed E-state index contributed by atoms with van der Waals surface area (Å²) in [5, 5.41) is 3.15. The monoisotopic (exact) mass is 284 g/mol. The lowest BCUT2D eigenvalue weighted by Gasteiger charge is -2.12. The molecule has 0 aromatic heterocycles. The third-order valence-corrected chi connectivity index (χ3v) is 3.28. The number of halogens is 1. The van der Waals surface area contributed by atoms with E-state index in [2.05, 4.69) is 5.32 Å². The van der Waals surface area contributed by atoms with Crippen LogP contribution in [-0.4, -0.2) is 23.6 Å². The largest absolute Gasteiger partial charge is 0.389 e. The van der Waals surface area contributed by atoms with E-state index in [0.29, 0.717) is 22.9 Å². The molecule has 96 valence electrons. The van der Waals surface area contributed by atoms with Gasteiger partial charge in [-0.3, -0.25) is 4.79 Å². The normalized spacial score (nSPS) is 18.6. The summed E-state index contributed by atoms with van der Waals surface area (Å²) >= 11 is 10.9. The van der Waals surface area contributed by atoms with Crippen molar-refractivity contribution in [1.82, 2.24) is 0 Å². The van der Waals surface area contributed by atoms with E-state index in [1.165, 1.54) is 0 Å². The van der Waals surface area contributed by atoms with Gasteiger partial charge >= 0.3 is 0 Å². The molecule has 1 heterocycles. The average molecular weight is 285 g/mol. The van der Waals surface area contributed by atoms with E-state index in [4.69, 9.17) is 34.3 Å². The van der Waals surface area contributed by atoms with Crippen molar-refractivity contribution in [2.45, 2.75) is 18.9 Å². The van der Waals surface area contributed by atoms with E-state index in [1.54, 1.807) is 18.2 Å². The van der Waals surface area contributed by atoms with Crippen LogP contribution in [0.15, 0.2) is 18.2 Å². The maximum atomic E-state index is 11.8. The molecule has 0 bridgehead atoms. The highest BCUT2D eigenvalue weighted by molar-refractivity contribution is 7.80. The Balaban J connectivity index is 2.09. The lowest BCUT2D eigenvalue weighted by atomic mass is 10.2. The zero-order valence-electron chi connectivity index (χ0n) is 9.61. The van der Waals surface area contributed by atoms with Crippen molar-refractivity contribution in [3.63, 3.8) is 0 Å². The molecule has 1 aliphatic heterocycles. The molecule has 3 N–H and O–H groups in total. The van der Waals surface area contributed by atoms with E-state index in [0.717, 1.165) is 12.8 Å². The van der Waals surface area contributed by atoms with Gasteiger partial charge in [0, 0.05) is 12.2 Å². The molecule has 1 aliphatic rings. The average Bonchev–Trinajstić information content (AvgIpc) is 2.85. The second-order valence-electron chi connectivity index (χ2n) is 4.05. The number of carbonyl (C=O) groups is 1. The second kappa shape index (κ2) is 5.65. The van der Waals surface area contributed by atoms with Crippen molar-refractivity contribution >= 4 is 40.4 Å². The van der Waals surface area contributed by atoms with Crippen LogP contribution in [0.2, 0.25) is 5.02 Å². The Labute approximate surface area is 115 Å². The van der Waals surface area contributed by atoms with E-state index in [1.807, 2.05) is 0 Å². The van der Waals surface area contributed by atoms with E-state index in [-0.39, 0.29) is 17.0 Å². The highest BCUT2D eigenvalue weighted by Gasteiger charge is 2.24. The summed E-state index contributed by atoms with van der Waals surface area (Å²) in [6, 6.07) is 5.04. The minimum Gasteiger partial charge on any atom is -0.389 e. The van der Waals surface area contributed by atoms with Gasteiger partial charge in [-0.1, -0.05) is 23.8 Å². The van der Waals surface area contributed by atoms with Gasteiger partial charge in [-0.15, -0.1) is 0 Å². The highest BCUT2D eigenvalue weighted by Crippen LogP contribution is 2.24. The van der Waals surface area contributed by atoms with Crippen LogP contribution in [0.3, 0.4) is 0 Å². The molecule has 0 saturated carbocycles. The Hall–Kier alpha value is -1.17. The Bertz CT molecular complexity index is 487. The highest BCUT2D eigenvalue weighted by atomic mass is 35.5. The first-order valence-electron chi connectivity index (χ1n) is 5.60. The summed E-state index contributed by atoms with van der Waals surface area (Å²) in [6.45, 7) is 0.631. The number of amides is 1. The number of ether oxygens (including phenoxy) is 1. The first kappa shape index (κ1) is 13.3. The smallest absolute Gasteiger partial charge is 0.253 e. The minimum absolute atomic E-state index is 0.169. The predicted octanol–water partition coefficient (Wildman–Crippen LogP) is 2.09. The lowest BCUT2D eigenvalue weighted by Crippen LogP contribution is -2.27. The second-order valence-corrected chi connectivity index (χ2v) is 4.90. The van der Waals surface area contributed by atoms with Crippen LogP contribution >= 0.6 is 23.8 Å². The van der Waals surface area contributed by atoms with Crippen molar-refractivity contribution in [1.29, 1.82) is 0 Å². The Morgan fingerprint density at radius 1 is 1.56 bits per heavy atom. The number of carbonyl (C=O) groups excluding carboxylic acids is 1. The first-order valence-corrected chi connectivity index (χ1v) is 6.38. The van der Waals surface area contributed by atoms with Crippen molar-refractivity contribution in [3.05, 3.63) is 28.8 Å². The quantitative estimate of drug-likeness (QED) is 0.834. The molecular weight excluding hydrogens is 272 g/mol. The Morgan fingerprint density at radius 3 is 2.89 bits per heavy atom. The van der Waals surface area contributed by atoms with Crippen LogP contribution in [0.25, 0.3) is 0 Å². The summed E-state index contributed by atoms with van der Waals surface area (Å²) in [5.41, 5.74) is 6.71. The maximum Gasteiger partial charge on any atom is 0.253 e. The van der Waals surface area contributed by atoms with Crippen molar-refractivity contribution in [3.8, 4) is 0 Å². The number of thiocarbonyl (C=S) groups is 1. The fourth-order valence-corrected chi connectivity index (χ4v) is 2.12. The number of nitrogens with one attached hydrogen (secondary N) is 1. The fourth-order valence-electron chi connectivity index (χ4n) is 1.77. The SMILES string of the molecule is NC(=S)c1ccc(NC(=O)C2CCCO2)c(Cl)c1. The summed E-state index contributed by atoms with van der Waals surface area (Å²) in [7, 11) is 0. The third-order valence-electron chi connectivity index (χ3n) is 2.73. The number of nitrogens with two attached hydrogens (primary N) is 1. The van der Waals surface area contributed by atoms with Crippen molar-refractivity contribution < 1.29 is 9.53 Å². The maximum absolute atomic E-state index is 11.8. The molecule has 1 fully saturated rings.